The second-order valence-corrected chi connectivity index (χ2v) is 4.69. The minimum Gasteiger partial charge on any atom is -0.465 e. The Morgan fingerprint density at radius 2 is 2.00 bits per heavy atom. The molecule has 0 amide bonds. The van der Waals surface area contributed by atoms with E-state index in [0.29, 0.717) is 11.3 Å². The number of anilines is 1. The van der Waals surface area contributed by atoms with Crippen molar-refractivity contribution in [2.75, 3.05) is 12.4 Å². The molecule has 1 N–H and O–H groups in total. The van der Waals surface area contributed by atoms with Gasteiger partial charge in [0.25, 0.3) is 0 Å². The van der Waals surface area contributed by atoms with Crippen molar-refractivity contribution in [2.45, 2.75) is 6.54 Å². The zero-order chi connectivity index (χ0) is 15.4. The molecular weight excluding hydrogens is 300 g/mol. The first-order valence-electron chi connectivity index (χ1n) is 6.07. The van der Waals surface area contributed by atoms with E-state index in [0.717, 1.165) is 0 Å². The lowest BCUT2D eigenvalue weighted by Crippen LogP contribution is -2.08. The fraction of sp³-hybridized carbons (Fsp3) is 0.133. The minimum atomic E-state index is -0.574. The number of esters is 1. The van der Waals surface area contributed by atoms with Gasteiger partial charge in [0.05, 0.1) is 23.4 Å². The Balaban J connectivity index is 2.20. The molecule has 0 saturated heterocycles. The average Bonchev–Trinajstić information content (AvgIpc) is 2.48. The highest BCUT2D eigenvalue weighted by Crippen LogP contribution is 2.21. The first-order chi connectivity index (χ1) is 10.0. The predicted molar refractivity (Wildman–Crippen MR) is 76.5 cm³/mol. The fourth-order valence-electron chi connectivity index (χ4n) is 1.80. The van der Waals surface area contributed by atoms with Gasteiger partial charge < -0.3 is 10.1 Å². The van der Waals surface area contributed by atoms with Crippen LogP contribution in [0.25, 0.3) is 0 Å². The van der Waals surface area contributed by atoms with Crippen LogP contribution in [-0.4, -0.2) is 13.1 Å². The largest absolute Gasteiger partial charge is 0.465 e. The molecule has 0 atom stereocenters. The van der Waals surface area contributed by atoms with Gasteiger partial charge in [0.2, 0.25) is 0 Å². The van der Waals surface area contributed by atoms with Crippen molar-refractivity contribution in [1.82, 2.24) is 0 Å². The number of carbonyl (C=O) groups excluding carboxylic acids is 1. The number of nitrogens with one attached hydrogen (secondary N) is 1. The number of carbonyl (C=O) groups is 1. The fourth-order valence-corrected chi connectivity index (χ4v) is 2.00. The highest BCUT2D eigenvalue weighted by molar-refractivity contribution is 6.30. The summed E-state index contributed by atoms with van der Waals surface area (Å²) in [5.41, 5.74) is 1.20. The molecule has 6 heteroatoms. The van der Waals surface area contributed by atoms with Crippen LogP contribution in [0.1, 0.15) is 15.9 Å². The van der Waals surface area contributed by atoms with Gasteiger partial charge >= 0.3 is 5.97 Å². The van der Waals surface area contributed by atoms with Gasteiger partial charge in [0, 0.05) is 6.54 Å². The molecule has 2 rings (SSSR count). The van der Waals surface area contributed by atoms with E-state index in [1.807, 2.05) is 0 Å². The number of halogens is 3. The van der Waals surface area contributed by atoms with E-state index in [9.17, 15) is 13.6 Å². The highest BCUT2D eigenvalue weighted by atomic mass is 35.5. The summed E-state index contributed by atoms with van der Waals surface area (Å²) in [4.78, 5) is 11.6. The predicted octanol–water partition coefficient (Wildman–Crippen LogP) is 4.02. The maximum Gasteiger partial charge on any atom is 0.339 e. The molecule has 0 aliphatic heterocycles. The molecule has 0 spiro atoms. The molecule has 0 bridgehead atoms. The lowest BCUT2D eigenvalue weighted by molar-refractivity contribution is 0.0602. The van der Waals surface area contributed by atoms with E-state index in [4.69, 9.17) is 11.6 Å². The van der Waals surface area contributed by atoms with Crippen LogP contribution < -0.4 is 5.32 Å². The zero-order valence-electron chi connectivity index (χ0n) is 11.1. The summed E-state index contributed by atoms with van der Waals surface area (Å²) in [6.07, 6.45) is 0. The Labute approximate surface area is 125 Å². The summed E-state index contributed by atoms with van der Waals surface area (Å²) in [6.45, 7) is 0.257. The maximum absolute atomic E-state index is 13.3. The van der Waals surface area contributed by atoms with Gasteiger partial charge in [-0.25, -0.2) is 13.6 Å². The second-order valence-electron chi connectivity index (χ2n) is 4.28. The summed E-state index contributed by atoms with van der Waals surface area (Å²) in [5.74, 6) is -1.57. The van der Waals surface area contributed by atoms with Crippen LogP contribution in [0.15, 0.2) is 36.4 Å². The van der Waals surface area contributed by atoms with Gasteiger partial charge in [-0.2, -0.15) is 0 Å². The van der Waals surface area contributed by atoms with Crippen LogP contribution in [0.4, 0.5) is 14.5 Å². The van der Waals surface area contributed by atoms with Crippen molar-refractivity contribution in [3.8, 4) is 0 Å². The number of ether oxygens (including phenoxy) is 1. The Bertz CT molecular complexity index is 677. The topological polar surface area (TPSA) is 38.3 Å². The van der Waals surface area contributed by atoms with Crippen molar-refractivity contribution < 1.29 is 18.3 Å². The Morgan fingerprint density at radius 3 is 2.67 bits per heavy atom. The standard InChI is InChI=1S/C15H12ClF2NO2/c1-21-15(20)11-4-3-10(17)7-14(11)19-8-9-2-5-13(18)12(16)6-9/h2-7,19H,8H2,1H3. The third-order valence-electron chi connectivity index (χ3n) is 2.85. The first kappa shape index (κ1) is 15.3. The quantitative estimate of drug-likeness (QED) is 0.867. The lowest BCUT2D eigenvalue weighted by Gasteiger charge is -2.11. The SMILES string of the molecule is COC(=O)c1ccc(F)cc1NCc1ccc(F)c(Cl)c1. The van der Waals surface area contributed by atoms with E-state index in [1.54, 1.807) is 6.07 Å². The van der Waals surface area contributed by atoms with E-state index in [2.05, 4.69) is 10.1 Å². The molecule has 21 heavy (non-hydrogen) atoms. The third-order valence-corrected chi connectivity index (χ3v) is 3.14. The molecule has 0 saturated carbocycles. The highest BCUT2D eigenvalue weighted by Gasteiger charge is 2.12. The molecule has 0 heterocycles. The summed E-state index contributed by atoms with van der Waals surface area (Å²) >= 11 is 5.69. The summed E-state index contributed by atoms with van der Waals surface area (Å²) < 4.78 is 31.0. The van der Waals surface area contributed by atoms with Crippen LogP contribution in [0.5, 0.6) is 0 Å². The van der Waals surface area contributed by atoms with E-state index < -0.39 is 17.6 Å². The van der Waals surface area contributed by atoms with Gasteiger partial charge in [-0.1, -0.05) is 17.7 Å². The van der Waals surface area contributed by atoms with Gasteiger partial charge in [-0.15, -0.1) is 0 Å². The molecule has 2 aromatic carbocycles. The number of hydrogen-bond donors (Lipinski definition) is 1. The molecule has 0 aliphatic rings. The first-order valence-corrected chi connectivity index (χ1v) is 6.44. The van der Waals surface area contributed by atoms with Gasteiger partial charge in [-0.3, -0.25) is 0 Å². The second kappa shape index (κ2) is 6.54. The van der Waals surface area contributed by atoms with Gasteiger partial charge in [0.15, 0.2) is 0 Å². The number of rotatable bonds is 4. The molecule has 0 unspecified atom stereocenters. The minimum absolute atomic E-state index is 0.00161. The van der Waals surface area contributed by atoms with Crippen LogP contribution in [-0.2, 0) is 11.3 Å². The summed E-state index contributed by atoms with van der Waals surface area (Å²) in [7, 11) is 1.25. The smallest absolute Gasteiger partial charge is 0.339 e. The van der Waals surface area contributed by atoms with Crippen LogP contribution in [0, 0.1) is 11.6 Å². The molecular formula is C15H12ClF2NO2. The van der Waals surface area contributed by atoms with E-state index in [-0.39, 0.29) is 17.1 Å². The molecule has 3 nitrogen and oxygen atoms in total. The normalized spacial score (nSPS) is 10.3. The Hall–Kier alpha value is -2.14. The Kier molecular flexibility index (Phi) is 4.75. The van der Waals surface area contributed by atoms with Crippen molar-refractivity contribution in [1.29, 1.82) is 0 Å². The number of hydrogen-bond acceptors (Lipinski definition) is 3. The van der Waals surface area contributed by atoms with Crippen molar-refractivity contribution in [2.24, 2.45) is 0 Å². The van der Waals surface area contributed by atoms with Crippen LogP contribution in [0.2, 0.25) is 5.02 Å². The monoisotopic (exact) mass is 311 g/mol. The van der Waals surface area contributed by atoms with Crippen LogP contribution >= 0.6 is 11.6 Å². The van der Waals surface area contributed by atoms with Crippen molar-refractivity contribution in [3.63, 3.8) is 0 Å². The third kappa shape index (κ3) is 3.70. The van der Waals surface area contributed by atoms with Gasteiger partial charge in [0.1, 0.15) is 11.6 Å². The number of benzene rings is 2. The Morgan fingerprint density at radius 1 is 1.24 bits per heavy atom. The molecule has 2 aromatic rings. The van der Waals surface area contributed by atoms with Crippen molar-refractivity contribution >= 4 is 23.3 Å². The molecule has 110 valence electrons. The summed E-state index contributed by atoms with van der Waals surface area (Å²) in [6, 6.07) is 7.95. The van der Waals surface area contributed by atoms with Crippen molar-refractivity contribution in [3.05, 3.63) is 64.2 Å². The number of methoxy groups -OCH3 is 1. The van der Waals surface area contributed by atoms with E-state index in [1.165, 1.54) is 37.4 Å². The maximum atomic E-state index is 13.3. The summed E-state index contributed by atoms with van der Waals surface area (Å²) in [5, 5.41) is 2.91. The average molecular weight is 312 g/mol. The zero-order valence-corrected chi connectivity index (χ0v) is 11.9. The van der Waals surface area contributed by atoms with E-state index >= 15 is 0 Å². The molecule has 0 aromatic heterocycles. The van der Waals surface area contributed by atoms with Crippen LogP contribution in [0.3, 0.4) is 0 Å². The van der Waals surface area contributed by atoms with Gasteiger partial charge in [-0.05, 0) is 35.9 Å². The lowest BCUT2D eigenvalue weighted by atomic mass is 10.1. The molecule has 0 fully saturated rings. The molecule has 0 radical (unpaired) electrons. The molecule has 0 aliphatic carbocycles.